The minimum absolute atomic E-state index is 0.0750. The maximum absolute atomic E-state index is 11.3. The summed E-state index contributed by atoms with van der Waals surface area (Å²) in [6.45, 7) is 1.83. The average molecular weight is 198 g/mol. The van der Waals surface area contributed by atoms with Crippen LogP contribution in [0.3, 0.4) is 0 Å². The second-order valence-corrected chi connectivity index (χ2v) is 2.90. The molecular weight excluding hydrogens is 184 g/mol. The van der Waals surface area contributed by atoms with Gasteiger partial charge in [0, 0.05) is 13.6 Å². The van der Waals surface area contributed by atoms with Crippen LogP contribution in [0, 0.1) is 12.3 Å². The van der Waals surface area contributed by atoms with Gasteiger partial charge in [-0.05, 0) is 6.92 Å². The first-order valence-electron chi connectivity index (χ1n) is 4.17. The predicted octanol–water partition coefficient (Wildman–Crippen LogP) is 0.124. The fourth-order valence-corrected chi connectivity index (χ4v) is 0.702. The summed E-state index contributed by atoms with van der Waals surface area (Å²) in [5, 5.41) is 10.9. The van der Waals surface area contributed by atoms with Crippen LogP contribution in [0.2, 0.25) is 0 Å². The van der Waals surface area contributed by atoms with Crippen LogP contribution in [0.25, 0.3) is 0 Å². The maximum atomic E-state index is 11.3. The van der Waals surface area contributed by atoms with Gasteiger partial charge in [0.2, 0.25) is 0 Å². The maximum Gasteiger partial charge on any atom is 0.318 e. The van der Waals surface area contributed by atoms with Gasteiger partial charge in [0.15, 0.2) is 0 Å². The normalized spacial score (nSPS) is 11.2. The molecule has 0 heterocycles. The molecule has 5 nitrogen and oxygen atoms in total. The van der Waals surface area contributed by atoms with Crippen LogP contribution in [0.4, 0.5) is 4.79 Å². The van der Waals surface area contributed by atoms with Gasteiger partial charge in [0.1, 0.15) is 0 Å². The smallest absolute Gasteiger partial charge is 0.318 e. The van der Waals surface area contributed by atoms with Gasteiger partial charge < -0.3 is 15.3 Å². The molecule has 0 aliphatic rings. The first-order valence-corrected chi connectivity index (χ1v) is 4.17. The van der Waals surface area contributed by atoms with Gasteiger partial charge in [-0.2, -0.15) is 0 Å². The van der Waals surface area contributed by atoms with Gasteiger partial charge >= 0.3 is 12.0 Å². The summed E-state index contributed by atoms with van der Waals surface area (Å²) in [5.74, 6) is 1.41. The minimum atomic E-state index is -0.936. The first-order chi connectivity index (χ1) is 6.47. The lowest BCUT2D eigenvalue weighted by atomic mass is 10.3. The number of carboxylic acid groups (broad SMARTS) is 1. The molecule has 14 heavy (non-hydrogen) atoms. The summed E-state index contributed by atoms with van der Waals surface area (Å²) in [7, 11) is 1.52. The molecule has 1 unspecified atom stereocenters. The number of hydrogen-bond acceptors (Lipinski definition) is 2. The molecule has 0 fully saturated rings. The molecule has 0 saturated heterocycles. The summed E-state index contributed by atoms with van der Waals surface area (Å²) >= 11 is 0. The van der Waals surface area contributed by atoms with Crippen molar-refractivity contribution in [2.75, 3.05) is 13.6 Å². The van der Waals surface area contributed by atoms with Crippen molar-refractivity contribution in [3.05, 3.63) is 0 Å². The van der Waals surface area contributed by atoms with Crippen molar-refractivity contribution >= 4 is 12.0 Å². The third-order valence-corrected chi connectivity index (χ3v) is 1.60. The van der Waals surface area contributed by atoms with E-state index in [2.05, 4.69) is 11.2 Å². The Hall–Kier alpha value is -1.70. The monoisotopic (exact) mass is 198 g/mol. The molecule has 0 bridgehead atoms. The lowest BCUT2D eigenvalue weighted by Gasteiger charge is -2.18. The van der Waals surface area contributed by atoms with E-state index in [9.17, 15) is 9.59 Å². The largest absolute Gasteiger partial charge is 0.481 e. The number of urea groups is 1. The summed E-state index contributed by atoms with van der Waals surface area (Å²) in [6.07, 6.45) is 4.99. The average Bonchev–Trinajstić information content (AvgIpc) is 2.13. The van der Waals surface area contributed by atoms with Crippen molar-refractivity contribution < 1.29 is 14.7 Å². The Bertz CT molecular complexity index is 257. The van der Waals surface area contributed by atoms with Gasteiger partial charge in [0.25, 0.3) is 0 Å². The van der Waals surface area contributed by atoms with Gasteiger partial charge in [-0.25, -0.2) is 4.79 Å². The van der Waals surface area contributed by atoms with E-state index in [1.807, 2.05) is 0 Å². The predicted molar refractivity (Wildman–Crippen MR) is 51.7 cm³/mol. The van der Waals surface area contributed by atoms with Gasteiger partial charge in [0.05, 0.1) is 12.5 Å². The van der Waals surface area contributed by atoms with E-state index in [1.165, 1.54) is 11.9 Å². The second-order valence-electron chi connectivity index (χ2n) is 2.90. The molecule has 0 aromatic heterocycles. The molecule has 0 aliphatic carbocycles. The highest BCUT2D eigenvalue weighted by Crippen LogP contribution is 1.90. The van der Waals surface area contributed by atoms with Crippen LogP contribution in [0.1, 0.15) is 13.3 Å². The Morgan fingerprint density at radius 2 is 2.21 bits per heavy atom. The third kappa shape index (κ3) is 5.04. The molecule has 0 saturated carbocycles. The second kappa shape index (κ2) is 5.86. The van der Waals surface area contributed by atoms with Crippen LogP contribution in [0.5, 0.6) is 0 Å². The lowest BCUT2D eigenvalue weighted by molar-refractivity contribution is -0.137. The van der Waals surface area contributed by atoms with Gasteiger partial charge in [-0.3, -0.25) is 4.79 Å². The Morgan fingerprint density at radius 3 is 2.64 bits per heavy atom. The SMILES string of the molecule is C#CC(C)NC(=O)N(C)CCC(=O)O. The van der Waals surface area contributed by atoms with E-state index in [4.69, 9.17) is 11.5 Å². The number of aliphatic carboxylic acids is 1. The molecule has 0 aliphatic heterocycles. The van der Waals surface area contributed by atoms with E-state index in [0.717, 1.165) is 0 Å². The number of nitrogens with one attached hydrogen (secondary N) is 1. The molecule has 1 atom stereocenters. The summed E-state index contributed by atoms with van der Waals surface area (Å²) in [6, 6.07) is -0.716. The first kappa shape index (κ1) is 12.3. The summed E-state index contributed by atoms with van der Waals surface area (Å²) in [4.78, 5) is 22.7. The fourth-order valence-electron chi connectivity index (χ4n) is 0.702. The van der Waals surface area contributed by atoms with Crippen molar-refractivity contribution in [3.8, 4) is 12.3 Å². The number of amides is 2. The zero-order valence-electron chi connectivity index (χ0n) is 8.28. The molecule has 0 radical (unpaired) electrons. The Balaban J connectivity index is 3.89. The highest BCUT2D eigenvalue weighted by molar-refractivity contribution is 5.75. The van der Waals surface area contributed by atoms with Crippen LogP contribution < -0.4 is 5.32 Å². The van der Waals surface area contributed by atoms with Gasteiger partial charge in [-0.15, -0.1) is 6.42 Å². The Kier molecular flexibility index (Phi) is 5.15. The van der Waals surface area contributed by atoms with Crippen LogP contribution in [0.15, 0.2) is 0 Å². The van der Waals surface area contributed by atoms with E-state index >= 15 is 0 Å². The van der Waals surface area contributed by atoms with Crippen molar-refractivity contribution in [1.82, 2.24) is 10.2 Å². The lowest BCUT2D eigenvalue weighted by Crippen LogP contribution is -2.42. The number of terminal acetylenes is 1. The number of rotatable bonds is 4. The molecular formula is C9H14N2O3. The fraction of sp³-hybridized carbons (Fsp3) is 0.556. The van der Waals surface area contributed by atoms with E-state index in [0.29, 0.717) is 0 Å². The quantitative estimate of drug-likeness (QED) is 0.630. The van der Waals surface area contributed by atoms with Crippen molar-refractivity contribution in [2.45, 2.75) is 19.4 Å². The van der Waals surface area contributed by atoms with Crippen LogP contribution >= 0.6 is 0 Å². The molecule has 0 aromatic carbocycles. The van der Waals surface area contributed by atoms with Crippen LogP contribution in [-0.2, 0) is 4.79 Å². The number of hydrogen-bond donors (Lipinski definition) is 2. The zero-order chi connectivity index (χ0) is 11.1. The van der Waals surface area contributed by atoms with Crippen molar-refractivity contribution in [2.24, 2.45) is 0 Å². The molecule has 0 spiro atoms. The molecule has 78 valence electrons. The van der Waals surface area contributed by atoms with E-state index < -0.39 is 5.97 Å². The molecule has 2 amide bonds. The molecule has 0 aromatic rings. The van der Waals surface area contributed by atoms with E-state index in [-0.39, 0.29) is 25.0 Å². The standard InChI is InChI=1S/C9H14N2O3/c1-4-7(2)10-9(14)11(3)6-5-8(12)13/h1,7H,5-6H2,2-3H3,(H,10,14)(H,12,13). The number of nitrogens with zero attached hydrogens (tertiary/aromatic N) is 1. The van der Waals surface area contributed by atoms with Gasteiger partial charge in [-0.1, -0.05) is 5.92 Å². The molecule has 5 heteroatoms. The number of carbonyl (C=O) groups excluding carboxylic acids is 1. The third-order valence-electron chi connectivity index (χ3n) is 1.60. The minimum Gasteiger partial charge on any atom is -0.481 e. The van der Waals surface area contributed by atoms with Crippen molar-refractivity contribution in [3.63, 3.8) is 0 Å². The summed E-state index contributed by atoms with van der Waals surface area (Å²) in [5.41, 5.74) is 0. The Morgan fingerprint density at radius 1 is 1.64 bits per heavy atom. The number of carbonyl (C=O) groups is 2. The van der Waals surface area contributed by atoms with Crippen molar-refractivity contribution in [1.29, 1.82) is 0 Å². The highest BCUT2D eigenvalue weighted by atomic mass is 16.4. The zero-order valence-corrected chi connectivity index (χ0v) is 8.28. The molecule has 2 N–H and O–H groups in total. The number of carboxylic acids is 1. The highest BCUT2D eigenvalue weighted by Gasteiger charge is 2.10. The topological polar surface area (TPSA) is 69.6 Å². The Labute approximate surface area is 83.1 Å². The van der Waals surface area contributed by atoms with E-state index in [1.54, 1.807) is 6.92 Å². The van der Waals surface area contributed by atoms with Crippen LogP contribution in [-0.4, -0.2) is 41.6 Å². The molecule has 0 rings (SSSR count). The summed E-state index contributed by atoms with van der Waals surface area (Å²) < 4.78 is 0.